The van der Waals surface area contributed by atoms with E-state index in [4.69, 9.17) is 21.7 Å². The summed E-state index contributed by atoms with van der Waals surface area (Å²) >= 11 is 5.20. The first kappa shape index (κ1) is 12.1. The van der Waals surface area contributed by atoms with Crippen LogP contribution < -0.4 is 15.4 Å². The monoisotopic (exact) mass is 252 g/mol. The lowest BCUT2D eigenvalue weighted by atomic mass is 10.1. The first-order valence-electron chi connectivity index (χ1n) is 5.56. The van der Waals surface area contributed by atoms with Gasteiger partial charge in [-0.2, -0.15) is 0 Å². The van der Waals surface area contributed by atoms with Crippen molar-refractivity contribution in [3.63, 3.8) is 0 Å². The van der Waals surface area contributed by atoms with Crippen molar-refractivity contribution in [2.75, 3.05) is 26.9 Å². The molecule has 1 aliphatic heterocycles. The van der Waals surface area contributed by atoms with Gasteiger partial charge in [0.15, 0.2) is 5.11 Å². The molecule has 1 unspecified atom stereocenters. The molecule has 0 amide bonds. The molecule has 17 heavy (non-hydrogen) atoms. The molecule has 0 saturated heterocycles. The molecule has 0 aromatic heterocycles. The maximum absolute atomic E-state index is 5.56. The third kappa shape index (κ3) is 3.08. The normalized spacial score (nSPS) is 17.1. The van der Waals surface area contributed by atoms with Crippen LogP contribution in [0.2, 0.25) is 0 Å². The average molecular weight is 252 g/mol. The van der Waals surface area contributed by atoms with Gasteiger partial charge in [-0.3, -0.25) is 0 Å². The third-order valence-corrected chi connectivity index (χ3v) is 2.86. The van der Waals surface area contributed by atoms with Crippen LogP contribution in [0.3, 0.4) is 0 Å². The van der Waals surface area contributed by atoms with Crippen LogP contribution in [0, 0.1) is 0 Å². The number of fused-ring (bicyclic) bond motifs is 1. The molecule has 0 bridgehead atoms. The number of thiocarbonyl (C=S) groups is 1. The number of hydrogen-bond donors (Lipinski definition) is 2. The molecular weight excluding hydrogens is 236 g/mol. The van der Waals surface area contributed by atoms with Gasteiger partial charge in [0.25, 0.3) is 0 Å². The molecule has 0 spiro atoms. The molecule has 1 aromatic carbocycles. The average Bonchev–Trinajstić information content (AvgIpc) is 2.73. The molecule has 1 atom stereocenters. The zero-order chi connectivity index (χ0) is 12.1. The van der Waals surface area contributed by atoms with Gasteiger partial charge in [0.05, 0.1) is 12.6 Å². The van der Waals surface area contributed by atoms with Gasteiger partial charge in [-0.1, -0.05) is 18.2 Å². The van der Waals surface area contributed by atoms with Crippen molar-refractivity contribution in [1.82, 2.24) is 10.6 Å². The van der Waals surface area contributed by atoms with Crippen molar-refractivity contribution in [3.8, 4) is 5.75 Å². The minimum Gasteiger partial charge on any atom is -0.491 e. The molecule has 0 radical (unpaired) electrons. The minimum atomic E-state index is 0.133. The van der Waals surface area contributed by atoms with Gasteiger partial charge in [-0.25, -0.2) is 0 Å². The highest BCUT2D eigenvalue weighted by Gasteiger charge is 2.23. The SMILES string of the molecule is COCCNC(=S)NC1COc2ccccc21. The van der Waals surface area contributed by atoms with Crippen LogP contribution in [0.4, 0.5) is 0 Å². The highest BCUT2D eigenvalue weighted by atomic mass is 32.1. The smallest absolute Gasteiger partial charge is 0.166 e. The molecule has 0 saturated carbocycles. The van der Waals surface area contributed by atoms with Gasteiger partial charge in [0.1, 0.15) is 12.4 Å². The molecule has 1 aliphatic rings. The van der Waals surface area contributed by atoms with E-state index >= 15 is 0 Å². The molecule has 0 aliphatic carbocycles. The first-order chi connectivity index (χ1) is 8.31. The number of rotatable bonds is 4. The second kappa shape index (κ2) is 5.84. The van der Waals surface area contributed by atoms with Crippen LogP contribution in [-0.2, 0) is 4.74 Å². The van der Waals surface area contributed by atoms with E-state index in [0.29, 0.717) is 24.9 Å². The summed E-state index contributed by atoms with van der Waals surface area (Å²) in [7, 11) is 1.67. The molecule has 2 rings (SSSR count). The summed E-state index contributed by atoms with van der Waals surface area (Å²) in [6.07, 6.45) is 0. The zero-order valence-electron chi connectivity index (χ0n) is 9.73. The molecule has 0 fully saturated rings. The topological polar surface area (TPSA) is 42.5 Å². The van der Waals surface area contributed by atoms with E-state index in [1.165, 1.54) is 0 Å². The fourth-order valence-corrected chi connectivity index (χ4v) is 2.00. The summed E-state index contributed by atoms with van der Waals surface area (Å²) in [5, 5.41) is 6.95. The van der Waals surface area contributed by atoms with Gasteiger partial charge in [0.2, 0.25) is 0 Å². The van der Waals surface area contributed by atoms with Crippen molar-refractivity contribution in [2.45, 2.75) is 6.04 Å². The fourth-order valence-electron chi connectivity index (χ4n) is 1.76. The lowest BCUT2D eigenvalue weighted by Gasteiger charge is -2.15. The highest BCUT2D eigenvalue weighted by Crippen LogP contribution is 2.31. The van der Waals surface area contributed by atoms with Crippen LogP contribution in [0.5, 0.6) is 5.75 Å². The summed E-state index contributed by atoms with van der Waals surface area (Å²) in [5.74, 6) is 0.935. The summed E-state index contributed by atoms with van der Waals surface area (Å²) in [4.78, 5) is 0. The molecule has 4 nitrogen and oxygen atoms in total. The second-order valence-electron chi connectivity index (χ2n) is 3.79. The number of nitrogens with one attached hydrogen (secondary N) is 2. The van der Waals surface area contributed by atoms with Gasteiger partial charge in [0, 0.05) is 19.2 Å². The van der Waals surface area contributed by atoms with Crippen LogP contribution in [-0.4, -0.2) is 32.0 Å². The number of benzene rings is 1. The first-order valence-corrected chi connectivity index (χ1v) is 5.97. The van der Waals surface area contributed by atoms with E-state index in [2.05, 4.69) is 16.7 Å². The Labute approximate surface area is 106 Å². The number of ether oxygens (including phenoxy) is 2. The van der Waals surface area contributed by atoms with E-state index in [0.717, 1.165) is 11.3 Å². The molecule has 1 aromatic rings. The Morgan fingerprint density at radius 2 is 2.35 bits per heavy atom. The van der Waals surface area contributed by atoms with E-state index < -0.39 is 0 Å². The van der Waals surface area contributed by atoms with E-state index in [1.807, 2.05) is 18.2 Å². The molecule has 1 heterocycles. The predicted molar refractivity (Wildman–Crippen MR) is 70.3 cm³/mol. The van der Waals surface area contributed by atoms with Crippen molar-refractivity contribution in [3.05, 3.63) is 29.8 Å². The predicted octanol–water partition coefficient (Wildman–Crippen LogP) is 1.23. The van der Waals surface area contributed by atoms with Gasteiger partial charge >= 0.3 is 0 Å². The molecule has 92 valence electrons. The Balaban J connectivity index is 1.87. The minimum absolute atomic E-state index is 0.133. The lowest BCUT2D eigenvalue weighted by molar-refractivity contribution is 0.203. The summed E-state index contributed by atoms with van der Waals surface area (Å²) in [5.41, 5.74) is 1.16. The molecule has 5 heteroatoms. The van der Waals surface area contributed by atoms with Crippen LogP contribution >= 0.6 is 12.2 Å². The Hall–Kier alpha value is -1.33. The Kier molecular flexibility index (Phi) is 4.17. The number of hydrogen-bond acceptors (Lipinski definition) is 3. The Bertz CT molecular complexity index is 398. The van der Waals surface area contributed by atoms with Crippen molar-refractivity contribution in [2.24, 2.45) is 0 Å². The third-order valence-electron chi connectivity index (χ3n) is 2.60. The van der Waals surface area contributed by atoms with Gasteiger partial charge in [-0.05, 0) is 18.3 Å². The summed E-state index contributed by atoms with van der Waals surface area (Å²) in [6.45, 7) is 1.96. The fraction of sp³-hybridized carbons (Fsp3) is 0.417. The Morgan fingerprint density at radius 1 is 1.53 bits per heavy atom. The zero-order valence-corrected chi connectivity index (χ0v) is 10.5. The van der Waals surface area contributed by atoms with E-state index in [-0.39, 0.29) is 6.04 Å². The molecular formula is C12H16N2O2S. The van der Waals surface area contributed by atoms with Crippen molar-refractivity contribution < 1.29 is 9.47 Å². The van der Waals surface area contributed by atoms with Gasteiger partial charge < -0.3 is 20.1 Å². The number of para-hydroxylation sites is 1. The maximum Gasteiger partial charge on any atom is 0.166 e. The quantitative estimate of drug-likeness (QED) is 0.623. The Morgan fingerprint density at radius 3 is 3.18 bits per heavy atom. The van der Waals surface area contributed by atoms with E-state index in [9.17, 15) is 0 Å². The number of methoxy groups -OCH3 is 1. The standard InChI is InChI=1S/C12H16N2O2S/c1-15-7-6-13-12(17)14-10-8-16-11-5-3-2-4-9(10)11/h2-5,10H,6-8H2,1H3,(H2,13,14,17). The second-order valence-corrected chi connectivity index (χ2v) is 4.20. The maximum atomic E-state index is 5.56. The van der Waals surface area contributed by atoms with Gasteiger partial charge in [-0.15, -0.1) is 0 Å². The largest absolute Gasteiger partial charge is 0.491 e. The van der Waals surface area contributed by atoms with Crippen LogP contribution in [0.25, 0.3) is 0 Å². The van der Waals surface area contributed by atoms with Crippen molar-refractivity contribution >= 4 is 17.3 Å². The highest BCUT2D eigenvalue weighted by molar-refractivity contribution is 7.80. The van der Waals surface area contributed by atoms with E-state index in [1.54, 1.807) is 7.11 Å². The summed E-state index contributed by atoms with van der Waals surface area (Å²) < 4.78 is 10.5. The lowest BCUT2D eigenvalue weighted by Crippen LogP contribution is -2.39. The molecule has 2 N–H and O–H groups in total. The van der Waals surface area contributed by atoms with Crippen LogP contribution in [0.15, 0.2) is 24.3 Å². The summed E-state index contributed by atoms with van der Waals surface area (Å²) in [6, 6.07) is 8.13. The van der Waals surface area contributed by atoms with Crippen molar-refractivity contribution in [1.29, 1.82) is 0 Å². The van der Waals surface area contributed by atoms with Crippen LogP contribution in [0.1, 0.15) is 11.6 Å².